The number of primary amides is 1. The molecule has 1 aromatic rings. The minimum absolute atomic E-state index is 0.227. The fraction of sp³-hybridized carbons (Fsp3) is 0.692. The van der Waals surface area contributed by atoms with Gasteiger partial charge >= 0.3 is 0 Å². The van der Waals surface area contributed by atoms with Gasteiger partial charge in [0, 0.05) is 5.75 Å². The molecule has 0 spiro atoms. The number of aromatic nitrogens is 1. The van der Waals surface area contributed by atoms with Gasteiger partial charge < -0.3 is 15.5 Å². The number of carbonyl (C=O) groups excluding carboxylic acids is 1. The van der Waals surface area contributed by atoms with Crippen molar-refractivity contribution in [2.45, 2.75) is 43.4 Å². The van der Waals surface area contributed by atoms with Crippen LogP contribution < -0.4 is 11.1 Å². The van der Waals surface area contributed by atoms with E-state index in [4.69, 9.17) is 10.2 Å². The van der Waals surface area contributed by atoms with Gasteiger partial charge in [-0.05, 0) is 39.2 Å². The third-order valence-corrected chi connectivity index (χ3v) is 4.87. The van der Waals surface area contributed by atoms with E-state index in [1.807, 2.05) is 14.0 Å². The minimum atomic E-state index is -0.521. The molecule has 1 aliphatic carbocycles. The summed E-state index contributed by atoms with van der Waals surface area (Å²) < 4.78 is 5.30. The van der Waals surface area contributed by atoms with Gasteiger partial charge in [0.05, 0.1) is 5.69 Å². The number of hydrogen-bond donors (Lipinski definition) is 2. The number of amides is 1. The van der Waals surface area contributed by atoms with Crippen LogP contribution in [-0.4, -0.2) is 29.2 Å². The molecule has 1 aliphatic rings. The first-order valence-corrected chi connectivity index (χ1v) is 7.61. The molecule has 0 bridgehead atoms. The normalized spacial score (nSPS) is 26.7. The second-order valence-corrected chi connectivity index (χ2v) is 6.11. The third kappa shape index (κ3) is 2.95. The molecule has 1 amide bonds. The molecular formula is C13H21N3O2S. The Labute approximate surface area is 117 Å². The monoisotopic (exact) mass is 283 g/mol. The minimum Gasteiger partial charge on any atom is -0.440 e. The number of hydrogen-bond acceptors (Lipinski definition) is 5. The first-order valence-electron chi connectivity index (χ1n) is 6.62. The van der Waals surface area contributed by atoms with Gasteiger partial charge in [-0.3, -0.25) is 4.79 Å². The number of nitrogens with zero attached hydrogens (tertiary/aromatic N) is 1. The van der Waals surface area contributed by atoms with Crippen LogP contribution in [0.3, 0.4) is 0 Å². The lowest BCUT2D eigenvalue weighted by Crippen LogP contribution is -2.56. The van der Waals surface area contributed by atoms with Gasteiger partial charge in [0.25, 0.3) is 5.22 Å². The molecule has 5 nitrogen and oxygen atoms in total. The third-order valence-electron chi connectivity index (χ3n) is 4.00. The summed E-state index contributed by atoms with van der Waals surface area (Å²) in [5.74, 6) is 0.967. The number of nitrogens with one attached hydrogen (secondary N) is 1. The molecule has 0 aliphatic heterocycles. The maximum absolute atomic E-state index is 11.7. The Kier molecular flexibility index (Phi) is 4.52. The zero-order chi connectivity index (χ0) is 13.9. The van der Waals surface area contributed by atoms with Crippen molar-refractivity contribution in [2.75, 3.05) is 12.8 Å². The lowest BCUT2D eigenvalue weighted by molar-refractivity contribution is -0.125. The standard InChI is InChI=1S/C13H21N3O2S/c1-9-8-18-12(16-9)19-7-5-10-4-3-6-13(10,15-2)11(14)17/h8,10,15H,3-7H2,1-2H3,(H2,14,17). The second kappa shape index (κ2) is 5.96. The number of aryl methyl sites for hydroxylation is 1. The largest absolute Gasteiger partial charge is 0.440 e. The quantitative estimate of drug-likeness (QED) is 0.777. The Morgan fingerprint density at radius 1 is 1.74 bits per heavy atom. The van der Waals surface area contributed by atoms with E-state index in [1.165, 1.54) is 0 Å². The van der Waals surface area contributed by atoms with Crippen LogP contribution >= 0.6 is 11.8 Å². The van der Waals surface area contributed by atoms with Crippen LogP contribution in [0.5, 0.6) is 0 Å². The Morgan fingerprint density at radius 3 is 3.11 bits per heavy atom. The van der Waals surface area contributed by atoms with E-state index < -0.39 is 5.54 Å². The van der Waals surface area contributed by atoms with Gasteiger partial charge in [0.2, 0.25) is 5.91 Å². The van der Waals surface area contributed by atoms with Crippen molar-refractivity contribution in [1.82, 2.24) is 10.3 Å². The smallest absolute Gasteiger partial charge is 0.255 e. The summed E-state index contributed by atoms with van der Waals surface area (Å²) in [6.45, 7) is 1.91. The van der Waals surface area contributed by atoms with E-state index in [-0.39, 0.29) is 5.91 Å². The fourth-order valence-electron chi connectivity index (χ4n) is 2.93. The molecule has 19 heavy (non-hydrogen) atoms. The molecule has 1 saturated carbocycles. The van der Waals surface area contributed by atoms with E-state index in [1.54, 1.807) is 18.0 Å². The van der Waals surface area contributed by atoms with Gasteiger partial charge in [-0.15, -0.1) is 0 Å². The van der Waals surface area contributed by atoms with Crippen molar-refractivity contribution in [3.63, 3.8) is 0 Å². The summed E-state index contributed by atoms with van der Waals surface area (Å²) in [6, 6.07) is 0. The zero-order valence-corrected chi connectivity index (χ0v) is 12.3. The summed E-state index contributed by atoms with van der Waals surface area (Å²) >= 11 is 1.59. The zero-order valence-electron chi connectivity index (χ0n) is 11.4. The van der Waals surface area contributed by atoms with Crippen LogP contribution in [0.2, 0.25) is 0 Å². The van der Waals surface area contributed by atoms with Gasteiger partial charge in [0.15, 0.2) is 0 Å². The van der Waals surface area contributed by atoms with Crippen LogP contribution in [0, 0.1) is 12.8 Å². The summed E-state index contributed by atoms with van der Waals surface area (Å²) in [5, 5.41) is 3.86. The van der Waals surface area contributed by atoms with Crippen LogP contribution in [0.15, 0.2) is 15.9 Å². The Balaban J connectivity index is 1.89. The molecule has 6 heteroatoms. The van der Waals surface area contributed by atoms with Crippen molar-refractivity contribution < 1.29 is 9.21 Å². The van der Waals surface area contributed by atoms with Crippen molar-refractivity contribution >= 4 is 17.7 Å². The molecule has 1 heterocycles. The van der Waals surface area contributed by atoms with Crippen molar-refractivity contribution in [1.29, 1.82) is 0 Å². The van der Waals surface area contributed by atoms with E-state index in [9.17, 15) is 4.79 Å². The molecule has 106 valence electrons. The molecule has 0 aromatic carbocycles. The fourth-order valence-corrected chi connectivity index (χ4v) is 3.83. The SMILES string of the molecule is CNC1(C(N)=O)CCCC1CCSc1nc(C)co1. The second-order valence-electron chi connectivity index (χ2n) is 5.07. The maximum atomic E-state index is 11.7. The van der Waals surface area contributed by atoms with E-state index >= 15 is 0 Å². The van der Waals surface area contributed by atoms with Crippen LogP contribution in [0.1, 0.15) is 31.4 Å². The van der Waals surface area contributed by atoms with Gasteiger partial charge in [0.1, 0.15) is 11.8 Å². The Hall–Kier alpha value is -1.01. The predicted octanol–water partition coefficient (Wildman–Crippen LogP) is 1.71. The highest BCUT2D eigenvalue weighted by Crippen LogP contribution is 2.38. The van der Waals surface area contributed by atoms with Crippen molar-refractivity contribution in [3.05, 3.63) is 12.0 Å². The van der Waals surface area contributed by atoms with Gasteiger partial charge in [-0.1, -0.05) is 18.2 Å². The van der Waals surface area contributed by atoms with E-state index in [0.29, 0.717) is 11.1 Å². The molecule has 1 fully saturated rings. The summed E-state index contributed by atoms with van der Waals surface area (Å²) in [6.07, 6.45) is 5.54. The number of nitrogens with two attached hydrogens (primary N) is 1. The highest BCUT2D eigenvalue weighted by atomic mass is 32.2. The number of rotatable bonds is 6. The van der Waals surface area contributed by atoms with Crippen molar-refractivity contribution in [3.8, 4) is 0 Å². The first-order chi connectivity index (χ1) is 9.08. The van der Waals surface area contributed by atoms with Gasteiger partial charge in [-0.25, -0.2) is 4.98 Å². The van der Waals surface area contributed by atoms with Crippen LogP contribution in [0.25, 0.3) is 0 Å². The van der Waals surface area contributed by atoms with Crippen molar-refractivity contribution in [2.24, 2.45) is 11.7 Å². The maximum Gasteiger partial charge on any atom is 0.255 e. The molecule has 2 unspecified atom stereocenters. The average molecular weight is 283 g/mol. The topological polar surface area (TPSA) is 81.1 Å². The predicted molar refractivity (Wildman–Crippen MR) is 74.9 cm³/mol. The molecular weight excluding hydrogens is 262 g/mol. The number of thioether (sulfide) groups is 1. The summed E-state index contributed by atoms with van der Waals surface area (Å²) in [5.41, 5.74) is 5.95. The number of carbonyl (C=O) groups is 1. The van der Waals surface area contributed by atoms with E-state index in [2.05, 4.69) is 10.3 Å². The lowest BCUT2D eigenvalue weighted by Gasteiger charge is -2.32. The molecule has 1 aromatic heterocycles. The number of likely N-dealkylation sites (N-methyl/N-ethyl adjacent to an activating group) is 1. The molecule has 0 saturated heterocycles. The van der Waals surface area contributed by atoms with Crippen LogP contribution in [0.4, 0.5) is 0 Å². The Bertz CT molecular complexity index is 449. The van der Waals surface area contributed by atoms with E-state index in [0.717, 1.165) is 37.1 Å². The summed E-state index contributed by atoms with van der Waals surface area (Å²) in [4.78, 5) is 16.0. The lowest BCUT2D eigenvalue weighted by atomic mass is 9.84. The first kappa shape index (κ1) is 14.4. The van der Waals surface area contributed by atoms with Gasteiger partial charge in [-0.2, -0.15) is 0 Å². The highest BCUT2D eigenvalue weighted by molar-refractivity contribution is 7.99. The molecule has 0 radical (unpaired) electrons. The van der Waals surface area contributed by atoms with Crippen LogP contribution in [-0.2, 0) is 4.79 Å². The highest BCUT2D eigenvalue weighted by Gasteiger charge is 2.46. The summed E-state index contributed by atoms with van der Waals surface area (Å²) in [7, 11) is 1.83. The average Bonchev–Trinajstić information content (AvgIpc) is 2.96. The molecule has 2 atom stereocenters. The molecule has 2 rings (SSSR count). The Morgan fingerprint density at radius 2 is 2.53 bits per heavy atom. The molecule has 3 N–H and O–H groups in total. The number of oxazole rings is 1.